The molecule has 1 N–H and O–H groups in total. The van der Waals surface area contributed by atoms with Gasteiger partial charge in [0, 0.05) is 11.3 Å². The third-order valence-corrected chi connectivity index (χ3v) is 4.96. The molecule has 0 atom stereocenters. The number of rotatable bonds is 4. The number of carbonyl (C=O) groups excluding carboxylic acids is 1. The molecule has 0 aliphatic carbocycles. The Balaban J connectivity index is 1.78. The average molecular weight is 382 g/mol. The molecule has 5 nitrogen and oxygen atoms in total. The minimum atomic E-state index is -0.338. The van der Waals surface area contributed by atoms with Crippen molar-refractivity contribution >= 4 is 11.6 Å². The van der Waals surface area contributed by atoms with E-state index >= 15 is 0 Å². The van der Waals surface area contributed by atoms with Gasteiger partial charge in [0.15, 0.2) is 5.82 Å². The van der Waals surface area contributed by atoms with Crippen LogP contribution in [0.4, 0.5) is 5.69 Å². The van der Waals surface area contributed by atoms with Gasteiger partial charge < -0.3 is 5.32 Å². The minimum absolute atomic E-state index is 0.130. The van der Waals surface area contributed by atoms with Crippen molar-refractivity contribution in [2.75, 3.05) is 5.32 Å². The van der Waals surface area contributed by atoms with Gasteiger partial charge in [0.1, 0.15) is 0 Å². The first-order chi connectivity index (χ1) is 14.0. The first-order valence-corrected chi connectivity index (χ1v) is 9.50. The van der Waals surface area contributed by atoms with E-state index in [1.54, 1.807) is 4.68 Å². The maximum absolute atomic E-state index is 12.8. The summed E-state index contributed by atoms with van der Waals surface area (Å²) in [6.45, 7) is 6.11. The Bertz CT molecular complexity index is 1160. The molecule has 29 heavy (non-hydrogen) atoms. The van der Waals surface area contributed by atoms with Gasteiger partial charge in [-0.2, -0.15) is 0 Å². The topological polar surface area (TPSA) is 59.8 Å². The first-order valence-electron chi connectivity index (χ1n) is 9.50. The summed E-state index contributed by atoms with van der Waals surface area (Å²) in [5, 5.41) is 7.44. The van der Waals surface area contributed by atoms with Gasteiger partial charge in [-0.05, 0) is 50.1 Å². The maximum Gasteiger partial charge on any atom is 0.295 e. The van der Waals surface area contributed by atoms with Gasteiger partial charge in [0.05, 0.1) is 5.69 Å². The van der Waals surface area contributed by atoms with Crippen LogP contribution in [-0.2, 0) is 0 Å². The number of nitrogens with one attached hydrogen (secondary N) is 1. The number of anilines is 1. The lowest BCUT2D eigenvalue weighted by Crippen LogP contribution is -2.14. The molecule has 0 saturated heterocycles. The molecule has 0 unspecified atom stereocenters. The average Bonchev–Trinajstić information content (AvgIpc) is 3.18. The van der Waals surface area contributed by atoms with Crippen LogP contribution in [-0.4, -0.2) is 20.7 Å². The fraction of sp³-hybridized carbons (Fsp3) is 0.125. The second kappa shape index (κ2) is 7.72. The quantitative estimate of drug-likeness (QED) is 0.533. The largest absolute Gasteiger partial charge is 0.319 e. The summed E-state index contributed by atoms with van der Waals surface area (Å²) >= 11 is 0. The van der Waals surface area contributed by atoms with Crippen LogP contribution in [0, 0.1) is 20.8 Å². The van der Waals surface area contributed by atoms with E-state index < -0.39 is 0 Å². The standard InChI is InChI=1S/C24H22N4O/c1-16-12-14-20(15-13-16)25-24(29)22-26-23(19-9-5-4-6-10-19)28(27-22)21-11-7-8-17(2)18(21)3/h4-15H,1-3H3,(H,25,29). The highest BCUT2D eigenvalue weighted by molar-refractivity contribution is 6.01. The number of hydrogen-bond acceptors (Lipinski definition) is 3. The van der Waals surface area contributed by atoms with Gasteiger partial charge in [-0.1, -0.05) is 60.2 Å². The Kier molecular flexibility index (Phi) is 4.96. The summed E-state index contributed by atoms with van der Waals surface area (Å²) in [7, 11) is 0. The number of hydrogen-bond donors (Lipinski definition) is 1. The maximum atomic E-state index is 12.8. The van der Waals surface area contributed by atoms with Crippen molar-refractivity contribution in [2.45, 2.75) is 20.8 Å². The van der Waals surface area contributed by atoms with Crippen LogP contribution >= 0.6 is 0 Å². The number of nitrogens with zero attached hydrogens (tertiary/aromatic N) is 3. The predicted molar refractivity (Wildman–Crippen MR) is 115 cm³/mol. The van der Waals surface area contributed by atoms with E-state index in [4.69, 9.17) is 0 Å². The van der Waals surface area contributed by atoms with Gasteiger partial charge in [0.2, 0.25) is 5.82 Å². The van der Waals surface area contributed by atoms with Crippen molar-refractivity contribution in [2.24, 2.45) is 0 Å². The van der Waals surface area contributed by atoms with Crippen molar-refractivity contribution < 1.29 is 4.79 Å². The molecule has 0 fully saturated rings. The van der Waals surface area contributed by atoms with Crippen molar-refractivity contribution in [1.29, 1.82) is 0 Å². The van der Waals surface area contributed by atoms with Crippen LogP contribution in [0.1, 0.15) is 27.3 Å². The van der Waals surface area contributed by atoms with Crippen LogP contribution < -0.4 is 5.32 Å². The summed E-state index contributed by atoms with van der Waals surface area (Å²) in [5.41, 5.74) is 5.90. The molecule has 4 rings (SSSR count). The summed E-state index contributed by atoms with van der Waals surface area (Å²) < 4.78 is 1.75. The minimum Gasteiger partial charge on any atom is -0.319 e. The lowest BCUT2D eigenvalue weighted by Gasteiger charge is -2.10. The number of amides is 1. The van der Waals surface area contributed by atoms with Crippen molar-refractivity contribution in [3.8, 4) is 17.1 Å². The SMILES string of the molecule is Cc1ccc(NC(=O)c2nc(-c3ccccc3)n(-c3cccc(C)c3C)n2)cc1. The third kappa shape index (κ3) is 3.80. The summed E-state index contributed by atoms with van der Waals surface area (Å²) in [6.07, 6.45) is 0. The monoisotopic (exact) mass is 382 g/mol. The van der Waals surface area contributed by atoms with Crippen LogP contribution in [0.2, 0.25) is 0 Å². The normalized spacial score (nSPS) is 10.7. The Morgan fingerprint density at radius 3 is 2.31 bits per heavy atom. The molecule has 0 radical (unpaired) electrons. The van der Waals surface area contributed by atoms with Gasteiger partial charge in [-0.25, -0.2) is 9.67 Å². The predicted octanol–water partition coefficient (Wildman–Crippen LogP) is 5.11. The third-order valence-electron chi connectivity index (χ3n) is 4.96. The molecule has 1 aromatic heterocycles. The van der Waals surface area contributed by atoms with E-state index in [1.165, 1.54) is 0 Å². The highest BCUT2D eigenvalue weighted by Crippen LogP contribution is 2.24. The second-order valence-corrected chi connectivity index (χ2v) is 7.08. The van der Waals surface area contributed by atoms with Gasteiger partial charge in [0.25, 0.3) is 5.91 Å². The van der Waals surface area contributed by atoms with Gasteiger partial charge in [-0.15, -0.1) is 5.10 Å². The van der Waals surface area contributed by atoms with Crippen molar-refractivity contribution in [3.63, 3.8) is 0 Å². The summed E-state index contributed by atoms with van der Waals surface area (Å²) in [4.78, 5) is 17.4. The fourth-order valence-electron chi connectivity index (χ4n) is 3.14. The van der Waals surface area contributed by atoms with Crippen molar-refractivity contribution in [1.82, 2.24) is 14.8 Å². The van der Waals surface area contributed by atoms with E-state index in [-0.39, 0.29) is 11.7 Å². The zero-order chi connectivity index (χ0) is 20.4. The van der Waals surface area contributed by atoms with Crippen LogP contribution in [0.3, 0.4) is 0 Å². The molecule has 0 spiro atoms. The molecule has 144 valence electrons. The molecule has 0 saturated carbocycles. The number of benzene rings is 3. The Morgan fingerprint density at radius 1 is 0.862 bits per heavy atom. The van der Waals surface area contributed by atoms with E-state index in [0.717, 1.165) is 27.9 Å². The van der Waals surface area contributed by atoms with Crippen LogP contribution in [0.25, 0.3) is 17.1 Å². The fourth-order valence-corrected chi connectivity index (χ4v) is 3.14. The highest BCUT2D eigenvalue weighted by atomic mass is 16.2. The lowest BCUT2D eigenvalue weighted by atomic mass is 10.1. The molecule has 0 aliphatic heterocycles. The molecular formula is C24H22N4O. The Morgan fingerprint density at radius 2 is 1.59 bits per heavy atom. The first kappa shape index (κ1) is 18.6. The lowest BCUT2D eigenvalue weighted by molar-refractivity contribution is 0.101. The zero-order valence-corrected chi connectivity index (χ0v) is 16.7. The van der Waals surface area contributed by atoms with Crippen LogP contribution in [0.5, 0.6) is 0 Å². The smallest absolute Gasteiger partial charge is 0.295 e. The van der Waals surface area contributed by atoms with E-state index in [9.17, 15) is 4.79 Å². The highest BCUT2D eigenvalue weighted by Gasteiger charge is 2.20. The van der Waals surface area contributed by atoms with E-state index in [0.29, 0.717) is 11.5 Å². The van der Waals surface area contributed by atoms with Crippen LogP contribution in [0.15, 0.2) is 72.8 Å². The van der Waals surface area contributed by atoms with E-state index in [1.807, 2.05) is 80.6 Å². The molecule has 4 aromatic rings. The summed E-state index contributed by atoms with van der Waals surface area (Å²) in [5.74, 6) is 0.425. The number of carbonyl (C=O) groups is 1. The van der Waals surface area contributed by atoms with E-state index in [2.05, 4.69) is 28.4 Å². The second-order valence-electron chi connectivity index (χ2n) is 7.08. The summed E-state index contributed by atoms with van der Waals surface area (Å²) in [6, 6.07) is 23.5. The number of aromatic nitrogens is 3. The van der Waals surface area contributed by atoms with Gasteiger partial charge in [-0.3, -0.25) is 4.79 Å². The van der Waals surface area contributed by atoms with Crippen molar-refractivity contribution in [3.05, 3.63) is 95.3 Å². The molecule has 3 aromatic carbocycles. The molecular weight excluding hydrogens is 360 g/mol. The zero-order valence-electron chi connectivity index (χ0n) is 16.7. The molecule has 5 heteroatoms. The Hall–Kier alpha value is -3.73. The van der Waals surface area contributed by atoms with Gasteiger partial charge >= 0.3 is 0 Å². The molecule has 0 aliphatic rings. The Labute approximate surface area is 170 Å². The molecule has 0 bridgehead atoms. The molecule has 1 amide bonds. The molecule has 1 heterocycles. The number of aryl methyl sites for hydroxylation is 2.